The quantitative estimate of drug-likeness (QED) is 0.392. The van der Waals surface area contributed by atoms with E-state index in [-0.39, 0.29) is 10.8 Å². The highest BCUT2D eigenvalue weighted by atomic mass is 32.2. The number of hydrogen-bond acceptors (Lipinski definition) is 4. The Morgan fingerprint density at radius 1 is 0.553 bits per heavy atom. The molecule has 0 N–H and O–H groups in total. The lowest BCUT2D eigenvalue weighted by Crippen LogP contribution is -2.54. The van der Waals surface area contributed by atoms with Crippen LogP contribution in [0.25, 0.3) is 0 Å². The molecule has 8 aliphatic rings. The van der Waals surface area contributed by atoms with Gasteiger partial charge in [0.05, 0.1) is 12.2 Å². The van der Waals surface area contributed by atoms with Gasteiger partial charge in [0.2, 0.25) is 0 Å². The highest BCUT2D eigenvalue weighted by Gasteiger charge is 2.87. The van der Waals surface area contributed by atoms with Crippen LogP contribution in [0, 0.1) is 70.0 Å². The molecular weight excluding hydrogens is 505 g/mol. The van der Waals surface area contributed by atoms with Crippen LogP contribution in [0.4, 0.5) is 0 Å². The highest BCUT2D eigenvalue weighted by Crippen LogP contribution is 2.88. The Kier molecular flexibility index (Phi) is 4.46. The van der Waals surface area contributed by atoms with Crippen LogP contribution < -0.4 is 0 Å². The van der Waals surface area contributed by atoms with E-state index >= 15 is 0 Å². The summed E-state index contributed by atoms with van der Waals surface area (Å²) < 4.78 is 14.6. The zero-order valence-electron chi connectivity index (χ0n) is 22.3. The smallest absolute Gasteiger partial charge is 0.114 e. The summed E-state index contributed by atoms with van der Waals surface area (Å²) in [4.78, 5) is 2.79. The van der Waals surface area contributed by atoms with Crippen molar-refractivity contribution in [1.82, 2.24) is 0 Å². The fourth-order valence-electron chi connectivity index (χ4n) is 13.3. The standard InChI is InChI=1S/C34H38O2S2/c1-33-27-19-13-15-22-24(19)30-25(27)26-28(34(30,2)32(36-22)38-18-11-7-4-8-12-18)20-14-16-21(23(20)29(26)33)35-31(33)37-17-9-5-3-6-10-17/h3-12,19-32H,13-16H2,1-2H3/t19-,20+,21-,22-,23+,24+,25+,26+,27+,28-,29-,30-,31-,32-,33+,34+/m1/s1. The highest BCUT2D eigenvalue weighted by molar-refractivity contribution is 8.00. The zero-order chi connectivity index (χ0) is 25.0. The van der Waals surface area contributed by atoms with Gasteiger partial charge in [-0.15, -0.1) is 0 Å². The van der Waals surface area contributed by atoms with Crippen molar-refractivity contribution >= 4 is 23.5 Å². The molecule has 38 heavy (non-hydrogen) atoms. The van der Waals surface area contributed by atoms with Crippen LogP contribution in [0.2, 0.25) is 0 Å². The van der Waals surface area contributed by atoms with Crippen LogP contribution in [-0.2, 0) is 9.47 Å². The Morgan fingerprint density at radius 3 is 1.39 bits per heavy atom. The van der Waals surface area contributed by atoms with Crippen molar-refractivity contribution in [1.29, 1.82) is 0 Å². The predicted molar refractivity (Wildman–Crippen MR) is 152 cm³/mol. The third kappa shape index (κ3) is 2.44. The lowest BCUT2D eigenvalue weighted by Gasteiger charge is -2.53. The van der Waals surface area contributed by atoms with Crippen LogP contribution in [0.1, 0.15) is 39.5 Å². The number of ether oxygens (including phenoxy) is 2. The second-order valence-corrected chi connectivity index (χ2v) is 16.8. The maximum absolute atomic E-state index is 7.31. The first-order valence-electron chi connectivity index (χ1n) is 15.3. The molecule has 0 amide bonds. The molecule has 2 aliphatic heterocycles. The molecule has 2 aromatic rings. The van der Waals surface area contributed by atoms with Crippen LogP contribution in [0.15, 0.2) is 70.5 Å². The molecule has 198 valence electrons. The minimum atomic E-state index is 0.286. The minimum Gasteiger partial charge on any atom is -0.363 e. The molecular formula is C34H38O2S2. The van der Waals surface area contributed by atoms with Gasteiger partial charge in [-0.05, 0) is 109 Å². The van der Waals surface area contributed by atoms with E-state index in [1.54, 1.807) is 0 Å². The summed E-state index contributed by atoms with van der Waals surface area (Å²) in [5, 5.41) is 0. The summed E-state index contributed by atoms with van der Waals surface area (Å²) in [5.74, 6) is 8.36. The van der Waals surface area contributed by atoms with E-state index in [9.17, 15) is 0 Å². The number of rotatable bonds is 4. The number of fused-ring (bicyclic) bond motifs is 4. The van der Waals surface area contributed by atoms with Gasteiger partial charge in [0.25, 0.3) is 0 Å². The summed E-state index contributed by atoms with van der Waals surface area (Å²) in [6.07, 6.45) is 6.27. The second-order valence-electron chi connectivity index (χ2n) is 14.5. The van der Waals surface area contributed by atoms with Gasteiger partial charge in [-0.3, -0.25) is 0 Å². The fraction of sp³-hybridized carbons (Fsp3) is 0.647. The molecule has 4 heteroatoms. The van der Waals surface area contributed by atoms with Gasteiger partial charge in [-0.1, -0.05) is 73.8 Å². The van der Waals surface area contributed by atoms with Gasteiger partial charge < -0.3 is 9.47 Å². The Morgan fingerprint density at radius 2 is 0.974 bits per heavy atom. The molecule has 10 rings (SSSR count). The largest absolute Gasteiger partial charge is 0.363 e. The molecule has 0 aromatic heterocycles. The third-order valence-electron chi connectivity index (χ3n) is 13.7. The molecule has 2 saturated heterocycles. The molecule has 16 atom stereocenters. The third-order valence-corrected chi connectivity index (χ3v) is 16.5. The van der Waals surface area contributed by atoms with Crippen LogP contribution in [-0.4, -0.2) is 23.1 Å². The number of hydrogen-bond donors (Lipinski definition) is 0. The van der Waals surface area contributed by atoms with E-state index < -0.39 is 0 Å². The first kappa shape index (κ1) is 22.7. The topological polar surface area (TPSA) is 18.5 Å². The molecule has 0 bridgehead atoms. The lowest BCUT2D eigenvalue weighted by atomic mass is 9.61. The van der Waals surface area contributed by atoms with E-state index in [0.717, 1.165) is 59.2 Å². The molecule has 0 spiro atoms. The van der Waals surface area contributed by atoms with Gasteiger partial charge in [0.15, 0.2) is 0 Å². The predicted octanol–water partition coefficient (Wildman–Crippen LogP) is 7.84. The minimum absolute atomic E-state index is 0.286. The summed E-state index contributed by atoms with van der Waals surface area (Å²) in [6, 6.07) is 22.4. The van der Waals surface area contributed by atoms with Crippen molar-refractivity contribution in [2.45, 2.75) is 72.4 Å². The van der Waals surface area contributed by atoms with Crippen molar-refractivity contribution in [3.8, 4) is 0 Å². The maximum Gasteiger partial charge on any atom is 0.114 e. The van der Waals surface area contributed by atoms with Gasteiger partial charge in [0, 0.05) is 20.6 Å². The molecule has 6 aliphatic carbocycles. The molecule has 2 aromatic carbocycles. The lowest BCUT2D eigenvalue weighted by molar-refractivity contribution is -0.160. The summed E-state index contributed by atoms with van der Waals surface area (Å²) in [7, 11) is 0. The zero-order valence-corrected chi connectivity index (χ0v) is 24.0. The Labute approximate surface area is 235 Å². The van der Waals surface area contributed by atoms with E-state index in [0.29, 0.717) is 23.1 Å². The van der Waals surface area contributed by atoms with Crippen LogP contribution >= 0.6 is 23.5 Å². The Balaban J connectivity index is 1.13. The summed E-state index contributed by atoms with van der Waals surface area (Å²) >= 11 is 4.14. The van der Waals surface area contributed by atoms with Gasteiger partial charge in [-0.25, -0.2) is 0 Å². The Hall–Kier alpha value is -0.940. The van der Waals surface area contributed by atoms with Crippen molar-refractivity contribution in [2.75, 3.05) is 0 Å². The molecule has 8 fully saturated rings. The van der Waals surface area contributed by atoms with Crippen molar-refractivity contribution in [3.63, 3.8) is 0 Å². The van der Waals surface area contributed by atoms with Gasteiger partial charge >= 0.3 is 0 Å². The van der Waals surface area contributed by atoms with E-state index in [2.05, 4.69) is 98.0 Å². The van der Waals surface area contributed by atoms with E-state index in [4.69, 9.17) is 9.47 Å². The van der Waals surface area contributed by atoms with Gasteiger partial charge in [0.1, 0.15) is 10.9 Å². The fourth-order valence-corrected chi connectivity index (χ4v) is 16.0. The summed E-state index contributed by atoms with van der Waals surface area (Å²) in [6.45, 7) is 5.46. The van der Waals surface area contributed by atoms with E-state index in [1.807, 2.05) is 0 Å². The monoisotopic (exact) mass is 542 g/mol. The normalized spacial score (nSPS) is 57.5. The molecule has 0 unspecified atom stereocenters. The number of benzene rings is 2. The van der Waals surface area contributed by atoms with Crippen LogP contribution in [0.3, 0.4) is 0 Å². The van der Waals surface area contributed by atoms with Crippen LogP contribution in [0.5, 0.6) is 0 Å². The molecule has 2 heterocycles. The average molecular weight is 543 g/mol. The molecule has 0 radical (unpaired) electrons. The molecule has 2 nitrogen and oxygen atoms in total. The second kappa shape index (κ2) is 7.46. The number of thioether (sulfide) groups is 2. The summed E-state index contributed by atoms with van der Waals surface area (Å²) in [5.41, 5.74) is 1.17. The van der Waals surface area contributed by atoms with Gasteiger partial charge in [-0.2, -0.15) is 0 Å². The Bertz CT molecular complexity index is 1190. The first-order chi connectivity index (χ1) is 18.6. The van der Waals surface area contributed by atoms with Crippen molar-refractivity contribution < 1.29 is 9.47 Å². The van der Waals surface area contributed by atoms with Crippen molar-refractivity contribution in [2.24, 2.45) is 70.0 Å². The first-order valence-corrected chi connectivity index (χ1v) is 17.1. The van der Waals surface area contributed by atoms with Crippen molar-refractivity contribution in [3.05, 3.63) is 60.7 Å². The molecule has 6 saturated carbocycles. The SMILES string of the molecule is C[C@]12[C@H]3[C@H]4[C@@H]5[C@H]6[C@H]7[C@H](CC[C@H]7O[C@H](Sc7ccccc7)[C@@]6(C)[C@H]4[C@@H]4CC[C@@H](O[C@@H]1Sc1ccccc1)[C@H]43)[C@H]52. The van der Waals surface area contributed by atoms with E-state index in [1.165, 1.54) is 35.5 Å². The maximum atomic E-state index is 7.31. The average Bonchev–Trinajstić information content (AvgIpc) is 3.73.